The molecule has 1 aromatic heterocycles. The Kier molecular flexibility index (Phi) is 2.80. The molecule has 1 amide bonds. The van der Waals surface area contributed by atoms with Gasteiger partial charge in [0, 0.05) is 18.7 Å². The number of benzene rings is 1. The zero-order chi connectivity index (χ0) is 13.4. The van der Waals surface area contributed by atoms with Gasteiger partial charge in [-0.2, -0.15) is 0 Å². The Morgan fingerprint density at radius 2 is 2.00 bits per heavy atom. The summed E-state index contributed by atoms with van der Waals surface area (Å²) in [5.41, 5.74) is 2.13. The molecule has 0 unspecified atom stereocenters. The Balaban J connectivity index is 2.06. The number of carbonyl (C=O) groups is 2. The third-order valence-corrected chi connectivity index (χ3v) is 4.01. The topological polar surface area (TPSA) is 37.4 Å². The number of hydrogen-bond acceptors (Lipinski definition) is 3. The number of allylic oxidation sites excluding steroid dienone is 1. The van der Waals surface area contributed by atoms with Crippen LogP contribution in [-0.2, 0) is 4.79 Å². The van der Waals surface area contributed by atoms with Crippen molar-refractivity contribution < 1.29 is 9.59 Å². The van der Waals surface area contributed by atoms with E-state index in [4.69, 9.17) is 0 Å². The molecule has 1 aliphatic rings. The van der Waals surface area contributed by atoms with E-state index >= 15 is 0 Å². The van der Waals surface area contributed by atoms with Gasteiger partial charge in [-0.05, 0) is 17.5 Å². The maximum absolute atomic E-state index is 12.2. The van der Waals surface area contributed by atoms with Crippen molar-refractivity contribution in [1.82, 2.24) is 0 Å². The Bertz CT molecular complexity index is 686. The lowest BCUT2D eigenvalue weighted by atomic mass is 10.1. The van der Waals surface area contributed by atoms with Gasteiger partial charge in [-0.15, -0.1) is 11.3 Å². The third-order valence-electron chi connectivity index (χ3n) is 3.13. The van der Waals surface area contributed by atoms with E-state index in [2.05, 4.69) is 0 Å². The Hall–Kier alpha value is -2.20. The third kappa shape index (κ3) is 1.90. The molecule has 0 aliphatic carbocycles. The zero-order valence-corrected chi connectivity index (χ0v) is 11.1. The van der Waals surface area contributed by atoms with E-state index in [1.165, 1.54) is 17.4 Å². The summed E-state index contributed by atoms with van der Waals surface area (Å²) in [7, 11) is 1.72. The van der Waals surface area contributed by atoms with Gasteiger partial charge >= 0.3 is 0 Å². The molecule has 0 saturated carbocycles. The van der Waals surface area contributed by atoms with E-state index in [9.17, 15) is 9.59 Å². The number of anilines is 1. The molecular formula is C15H11NO2S. The summed E-state index contributed by atoms with van der Waals surface area (Å²) in [6.45, 7) is 0. The number of amides is 1. The van der Waals surface area contributed by atoms with Gasteiger partial charge in [-0.25, -0.2) is 0 Å². The molecule has 19 heavy (non-hydrogen) atoms. The Labute approximate surface area is 114 Å². The number of ketones is 1. The summed E-state index contributed by atoms with van der Waals surface area (Å²) >= 11 is 1.38. The van der Waals surface area contributed by atoms with E-state index in [0.29, 0.717) is 10.5 Å². The number of fused-ring (bicyclic) bond motifs is 1. The lowest BCUT2D eigenvalue weighted by Crippen LogP contribution is -2.20. The first kappa shape index (κ1) is 11.9. The predicted octanol–water partition coefficient (Wildman–Crippen LogP) is 2.99. The number of thiophene rings is 1. The molecule has 0 spiro atoms. The molecule has 0 N–H and O–H groups in total. The minimum atomic E-state index is -0.133. The van der Waals surface area contributed by atoms with Crippen molar-refractivity contribution in [3.05, 3.63) is 58.3 Å². The smallest absolute Gasteiger partial charge is 0.258 e. The average Bonchev–Trinajstić information content (AvgIpc) is 3.03. The van der Waals surface area contributed by atoms with Crippen LogP contribution in [0.1, 0.15) is 15.2 Å². The van der Waals surface area contributed by atoms with E-state index in [-0.39, 0.29) is 11.7 Å². The van der Waals surface area contributed by atoms with Crippen LogP contribution in [0.5, 0.6) is 0 Å². The van der Waals surface area contributed by atoms with Gasteiger partial charge < -0.3 is 4.90 Å². The molecule has 3 rings (SSSR count). The summed E-state index contributed by atoms with van der Waals surface area (Å²) in [5, 5.41) is 1.85. The van der Waals surface area contributed by atoms with Crippen molar-refractivity contribution >= 4 is 34.3 Å². The fraction of sp³-hybridized carbons (Fsp3) is 0.0667. The van der Waals surface area contributed by atoms with E-state index < -0.39 is 0 Å². The lowest BCUT2D eigenvalue weighted by molar-refractivity contribution is -0.112. The Morgan fingerprint density at radius 3 is 2.74 bits per heavy atom. The van der Waals surface area contributed by atoms with Crippen molar-refractivity contribution in [3.63, 3.8) is 0 Å². The largest absolute Gasteiger partial charge is 0.311 e. The number of para-hydroxylation sites is 1. The standard InChI is InChI=1S/C15H11NO2S/c1-16-12-6-3-2-5-10(12)11(15(16)18)9-13(17)14-7-4-8-19-14/h2-9H,1H3/b11-9-. The number of hydrogen-bond donors (Lipinski definition) is 0. The van der Waals surface area contributed by atoms with Gasteiger partial charge in [-0.3, -0.25) is 9.59 Å². The number of carbonyl (C=O) groups excluding carboxylic acids is 2. The first-order chi connectivity index (χ1) is 9.18. The zero-order valence-electron chi connectivity index (χ0n) is 10.3. The fourth-order valence-electron chi connectivity index (χ4n) is 2.16. The highest BCUT2D eigenvalue weighted by Gasteiger charge is 2.29. The summed E-state index contributed by atoms with van der Waals surface area (Å²) in [6, 6.07) is 11.1. The van der Waals surface area contributed by atoms with Gasteiger partial charge in [0.1, 0.15) is 0 Å². The second kappa shape index (κ2) is 4.48. The van der Waals surface area contributed by atoms with E-state index in [1.807, 2.05) is 35.7 Å². The maximum atomic E-state index is 12.2. The van der Waals surface area contributed by atoms with Crippen LogP contribution >= 0.6 is 11.3 Å². The lowest BCUT2D eigenvalue weighted by Gasteiger charge is -2.07. The van der Waals surface area contributed by atoms with Crippen molar-refractivity contribution in [2.24, 2.45) is 0 Å². The van der Waals surface area contributed by atoms with Crippen LogP contribution in [0.25, 0.3) is 5.57 Å². The first-order valence-corrected chi connectivity index (χ1v) is 6.73. The molecule has 0 radical (unpaired) electrons. The molecular weight excluding hydrogens is 258 g/mol. The van der Waals surface area contributed by atoms with E-state index in [1.54, 1.807) is 18.0 Å². The number of likely N-dealkylation sites (N-methyl/N-ethyl adjacent to an activating group) is 1. The van der Waals surface area contributed by atoms with Crippen LogP contribution in [0.15, 0.2) is 47.9 Å². The summed E-state index contributed by atoms with van der Waals surface area (Å²) in [6.07, 6.45) is 1.44. The summed E-state index contributed by atoms with van der Waals surface area (Å²) in [5.74, 6) is -0.255. The molecule has 1 aliphatic heterocycles. The predicted molar refractivity (Wildman–Crippen MR) is 76.5 cm³/mol. The molecule has 0 atom stereocenters. The maximum Gasteiger partial charge on any atom is 0.258 e. The molecule has 1 aromatic carbocycles. The quantitative estimate of drug-likeness (QED) is 0.621. The average molecular weight is 269 g/mol. The van der Waals surface area contributed by atoms with Gasteiger partial charge in [0.05, 0.1) is 16.1 Å². The van der Waals surface area contributed by atoms with Crippen LogP contribution in [0.3, 0.4) is 0 Å². The van der Waals surface area contributed by atoms with Crippen molar-refractivity contribution in [1.29, 1.82) is 0 Å². The summed E-state index contributed by atoms with van der Waals surface area (Å²) < 4.78 is 0. The van der Waals surface area contributed by atoms with Gasteiger partial charge in [0.15, 0.2) is 5.78 Å². The van der Waals surface area contributed by atoms with E-state index in [0.717, 1.165) is 11.3 Å². The van der Waals surface area contributed by atoms with Crippen LogP contribution < -0.4 is 4.90 Å². The molecule has 0 saturated heterocycles. The molecule has 3 nitrogen and oxygen atoms in total. The normalized spacial score (nSPS) is 15.9. The SMILES string of the molecule is CN1C(=O)/C(=C\C(=O)c2cccs2)c2ccccc21. The fourth-order valence-corrected chi connectivity index (χ4v) is 2.80. The molecule has 2 heterocycles. The highest BCUT2D eigenvalue weighted by molar-refractivity contribution is 7.12. The van der Waals surface area contributed by atoms with Crippen LogP contribution in [0.2, 0.25) is 0 Å². The minimum absolute atomic E-state index is 0.122. The van der Waals surface area contributed by atoms with Gasteiger partial charge in [-0.1, -0.05) is 24.3 Å². The number of rotatable bonds is 2. The van der Waals surface area contributed by atoms with Crippen molar-refractivity contribution in [2.45, 2.75) is 0 Å². The Morgan fingerprint density at radius 1 is 1.21 bits per heavy atom. The second-order valence-electron chi connectivity index (χ2n) is 4.28. The monoisotopic (exact) mass is 269 g/mol. The minimum Gasteiger partial charge on any atom is -0.311 e. The highest BCUT2D eigenvalue weighted by Crippen LogP contribution is 2.35. The number of nitrogens with zero attached hydrogens (tertiary/aromatic N) is 1. The molecule has 4 heteroatoms. The van der Waals surface area contributed by atoms with Gasteiger partial charge in [0.25, 0.3) is 5.91 Å². The van der Waals surface area contributed by atoms with Gasteiger partial charge in [0.2, 0.25) is 0 Å². The second-order valence-corrected chi connectivity index (χ2v) is 5.23. The van der Waals surface area contributed by atoms with Crippen molar-refractivity contribution in [2.75, 3.05) is 11.9 Å². The molecule has 94 valence electrons. The molecule has 0 bridgehead atoms. The summed E-state index contributed by atoms with van der Waals surface area (Å²) in [4.78, 5) is 26.5. The molecule has 2 aromatic rings. The highest BCUT2D eigenvalue weighted by atomic mass is 32.1. The van der Waals surface area contributed by atoms with Crippen LogP contribution in [0, 0.1) is 0 Å². The molecule has 0 fully saturated rings. The van der Waals surface area contributed by atoms with Crippen LogP contribution in [-0.4, -0.2) is 18.7 Å². The first-order valence-electron chi connectivity index (χ1n) is 5.85. The van der Waals surface area contributed by atoms with Crippen molar-refractivity contribution in [3.8, 4) is 0 Å². The van der Waals surface area contributed by atoms with Crippen LogP contribution in [0.4, 0.5) is 5.69 Å².